The summed E-state index contributed by atoms with van der Waals surface area (Å²) in [6, 6.07) is 13.9. The van der Waals surface area contributed by atoms with Crippen LogP contribution >= 0.6 is 11.3 Å². The minimum absolute atomic E-state index is 0.0978. The van der Waals surface area contributed by atoms with E-state index in [0.29, 0.717) is 22.9 Å². The molecule has 8 heteroatoms. The summed E-state index contributed by atoms with van der Waals surface area (Å²) >= 11 is 1.27. The maximum Gasteiger partial charge on any atom is 0.281 e. The zero-order valence-corrected chi connectivity index (χ0v) is 16.5. The van der Waals surface area contributed by atoms with Gasteiger partial charge in [0.1, 0.15) is 0 Å². The molecule has 150 valence electrons. The number of thiazole rings is 1. The van der Waals surface area contributed by atoms with E-state index in [4.69, 9.17) is 0 Å². The fourth-order valence-electron chi connectivity index (χ4n) is 3.41. The van der Waals surface area contributed by atoms with Crippen LogP contribution in [0, 0.1) is 11.6 Å². The Morgan fingerprint density at radius 3 is 2.59 bits per heavy atom. The molecule has 2 N–H and O–H groups in total. The molecule has 1 amide bonds. The van der Waals surface area contributed by atoms with Crippen molar-refractivity contribution < 1.29 is 18.5 Å². The van der Waals surface area contributed by atoms with E-state index < -0.39 is 11.6 Å². The summed E-state index contributed by atoms with van der Waals surface area (Å²) in [6.45, 7) is 3.97. The molecule has 5 nitrogen and oxygen atoms in total. The largest absolute Gasteiger partial charge is 0.360 e. The Morgan fingerprint density at radius 1 is 1.10 bits per heavy atom. The number of carbonyl (C=O) groups is 1. The third-order valence-corrected chi connectivity index (χ3v) is 5.73. The number of amides is 1. The minimum atomic E-state index is -0.917. The van der Waals surface area contributed by atoms with Crippen molar-refractivity contribution in [2.75, 3.05) is 42.9 Å². The normalized spacial score (nSPS) is 14.8. The van der Waals surface area contributed by atoms with Gasteiger partial charge in [-0.1, -0.05) is 18.2 Å². The third kappa shape index (κ3) is 4.78. The standard InChI is InChI=1S/C21H20F2N4OS/c22-17-7-6-15(12-18(17)23)19-14-29-21(24-19)25-20(28)13-26-8-10-27(11-9-26)16-4-2-1-3-5-16/h1-7,12,14H,8-11,13H2,(H,24,25,28)/p+1. The van der Waals surface area contributed by atoms with Crippen molar-refractivity contribution in [3.8, 4) is 11.3 Å². The zero-order valence-electron chi connectivity index (χ0n) is 15.7. The lowest BCUT2D eigenvalue weighted by Gasteiger charge is -2.33. The van der Waals surface area contributed by atoms with E-state index in [0.717, 1.165) is 38.3 Å². The molecule has 29 heavy (non-hydrogen) atoms. The van der Waals surface area contributed by atoms with Crippen LogP contribution in [0.15, 0.2) is 53.9 Å². The first-order chi connectivity index (χ1) is 14.1. The van der Waals surface area contributed by atoms with Crippen LogP contribution in [-0.2, 0) is 4.79 Å². The second kappa shape index (κ2) is 8.67. The van der Waals surface area contributed by atoms with Gasteiger partial charge in [0, 0.05) is 16.6 Å². The van der Waals surface area contributed by atoms with Gasteiger partial charge in [-0.05, 0) is 30.3 Å². The van der Waals surface area contributed by atoms with Crippen molar-refractivity contribution in [2.24, 2.45) is 0 Å². The smallest absolute Gasteiger partial charge is 0.281 e. The Kier molecular flexibility index (Phi) is 5.82. The molecule has 2 aromatic carbocycles. The Morgan fingerprint density at radius 2 is 1.86 bits per heavy atom. The molecule has 1 aromatic heterocycles. The first-order valence-electron chi connectivity index (χ1n) is 9.43. The van der Waals surface area contributed by atoms with Gasteiger partial charge in [-0.15, -0.1) is 11.3 Å². The number of piperazine rings is 1. The number of quaternary nitrogens is 1. The van der Waals surface area contributed by atoms with Gasteiger partial charge in [0.25, 0.3) is 5.91 Å². The van der Waals surface area contributed by atoms with Crippen LogP contribution < -0.4 is 15.1 Å². The van der Waals surface area contributed by atoms with Crippen molar-refractivity contribution in [1.29, 1.82) is 0 Å². The number of nitrogens with zero attached hydrogens (tertiary/aromatic N) is 2. The third-order valence-electron chi connectivity index (χ3n) is 4.97. The fraction of sp³-hybridized carbons (Fsp3) is 0.238. The lowest BCUT2D eigenvalue weighted by molar-refractivity contribution is -0.892. The second-order valence-corrected chi connectivity index (χ2v) is 7.82. The Labute approximate surface area is 171 Å². The molecule has 0 unspecified atom stereocenters. The summed E-state index contributed by atoms with van der Waals surface area (Å²) in [6.07, 6.45) is 0. The van der Waals surface area contributed by atoms with Crippen LogP contribution in [0.5, 0.6) is 0 Å². The number of nitrogens with one attached hydrogen (secondary N) is 2. The van der Waals surface area contributed by atoms with Crippen LogP contribution in [0.1, 0.15) is 0 Å². The lowest BCUT2D eigenvalue weighted by atomic mass is 10.2. The highest BCUT2D eigenvalue weighted by Crippen LogP contribution is 2.26. The van der Waals surface area contributed by atoms with Crippen LogP contribution in [-0.4, -0.2) is 43.6 Å². The maximum atomic E-state index is 13.4. The molecule has 0 radical (unpaired) electrons. The van der Waals surface area contributed by atoms with Crippen molar-refractivity contribution in [3.63, 3.8) is 0 Å². The summed E-state index contributed by atoms with van der Waals surface area (Å²) in [5, 5.41) is 4.99. The molecule has 1 aliphatic rings. The van der Waals surface area contributed by atoms with Crippen molar-refractivity contribution in [1.82, 2.24) is 4.98 Å². The fourth-order valence-corrected chi connectivity index (χ4v) is 4.14. The molecule has 0 atom stereocenters. The molecular weight excluding hydrogens is 394 g/mol. The van der Waals surface area contributed by atoms with E-state index in [9.17, 15) is 13.6 Å². The first kappa shape index (κ1) is 19.5. The molecule has 3 aromatic rings. The number of anilines is 2. The summed E-state index contributed by atoms with van der Waals surface area (Å²) in [5.74, 6) is -1.91. The maximum absolute atomic E-state index is 13.4. The van der Waals surface area contributed by atoms with Gasteiger partial charge in [-0.25, -0.2) is 13.8 Å². The molecule has 2 heterocycles. The number of halogens is 2. The second-order valence-electron chi connectivity index (χ2n) is 6.96. The minimum Gasteiger partial charge on any atom is -0.360 e. The summed E-state index contributed by atoms with van der Waals surface area (Å²) < 4.78 is 26.5. The highest BCUT2D eigenvalue weighted by atomic mass is 32.1. The molecule has 4 rings (SSSR count). The van der Waals surface area contributed by atoms with Crippen LogP contribution in [0.2, 0.25) is 0 Å². The molecule has 0 aliphatic carbocycles. The summed E-state index contributed by atoms with van der Waals surface area (Å²) in [5.41, 5.74) is 2.19. The number of rotatable bonds is 5. The van der Waals surface area contributed by atoms with Gasteiger partial charge in [-0.3, -0.25) is 10.1 Å². The lowest BCUT2D eigenvalue weighted by Crippen LogP contribution is -3.15. The van der Waals surface area contributed by atoms with Gasteiger partial charge < -0.3 is 9.80 Å². The van der Waals surface area contributed by atoms with Crippen molar-refractivity contribution in [3.05, 3.63) is 65.5 Å². The number of para-hydroxylation sites is 1. The van der Waals surface area contributed by atoms with Gasteiger partial charge in [0.2, 0.25) is 0 Å². The van der Waals surface area contributed by atoms with E-state index in [1.807, 2.05) is 18.2 Å². The number of carbonyl (C=O) groups excluding carboxylic acids is 1. The Balaban J connectivity index is 1.29. The van der Waals surface area contributed by atoms with Gasteiger partial charge >= 0.3 is 0 Å². The van der Waals surface area contributed by atoms with Gasteiger partial charge in [-0.2, -0.15) is 0 Å². The number of aromatic nitrogens is 1. The highest BCUT2D eigenvalue weighted by molar-refractivity contribution is 7.14. The van der Waals surface area contributed by atoms with Crippen molar-refractivity contribution in [2.45, 2.75) is 0 Å². The average Bonchev–Trinajstić information content (AvgIpc) is 3.19. The number of hydrogen-bond acceptors (Lipinski definition) is 4. The van der Waals surface area contributed by atoms with E-state index >= 15 is 0 Å². The predicted octanol–water partition coefficient (Wildman–Crippen LogP) is 2.43. The predicted molar refractivity (Wildman–Crippen MR) is 110 cm³/mol. The SMILES string of the molecule is O=C(C[NH+]1CCN(c2ccccc2)CC1)Nc1nc(-c2ccc(F)c(F)c2)cs1. The first-order valence-corrected chi connectivity index (χ1v) is 10.3. The molecule has 0 bridgehead atoms. The molecule has 0 spiro atoms. The molecule has 1 aliphatic heterocycles. The summed E-state index contributed by atoms with van der Waals surface area (Å²) in [7, 11) is 0. The van der Waals surface area contributed by atoms with Crippen LogP contribution in [0.3, 0.4) is 0 Å². The number of benzene rings is 2. The van der Waals surface area contributed by atoms with E-state index in [1.54, 1.807) is 5.38 Å². The zero-order chi connectivity index (χ0) is 20.2. The highest BCUT2D eigenvalue weighted by Gasteiger charge is 2.22. The van der Waals surface area contributed by atoms with Crippen molar-refractivity contribution >= 4 is 28.1 Å². The van der Waals surface area contributed by atoms with Gasteiger partial charge in [0.15, 0.2) is 23.3 Å². The van der Waals surface area contributed by atoms with E-state index in [2.05, 4.69) is 27.3 Å². The Hall–Kier alpha value is -2.84. The van der Waals surface area contributed by atoms with Crippen LogP contribution in [0.25, 0.3) is 11.3 Å². The molecule has 1 fully saturated rings. The topological polar surface area (TPSA) is 49.7 Å². The van der Waals surface area contributed by atoms with E-state index in [1.165, 1.54) is 28.0 Å². The number of hydrogen-bond donors (Lipinski definition) is 2. The molecule has 0 saturated carbocycles. The molecular formula is C21H21F2N4OS+. The average molecular weight is 415 g/mol. The Bertz CT molecular complexity index is 987. The quantitative estimate of drug-likeness (QED) is 0.673. The van der Waals surface area contributed by atoms with Crippen LogP contribution in [0.4, 0.5) is 19.6 Å². The van der Waals surface area contributed by atoms with E-state index in [-0.39, 0.29) is 5.91 Å². The molecule has 1 saturated heterocycles. The van der Waals surface area contributed by atoms with Gasteiger partial charge in [0.05, 0.1) is 31.9 Å². The monoisotopic (exact) mass is 415 g/mol. The summed E-state index contributed by atoms with van der Waals surface area (Å²) in [4.78, 5) is 20.3.